The summed E-state index contributed by atoms with van der Waals surface area (Å²) in [7, 11) is 5.14. The van der Waals surface area contributed by atoms with Gasteiger partial charge in [-0.15, -0.1) is 0 Å². The van der Waals surface area contributed by atoms with E-state index in [1.807, 2.05) is 42.2 Å². The molecule has 0 aliphatic carbocycles. The first-order chi connectivity index (χ1) is 25.3. The SMILES string of the molecule is COc1c(-c2cccc3[nH]c(CNC(=O)OC(C)(C)C)nc23)ccc(C(=O)N(C)c2ccc(C)cc2OCCC(=C=O)N2CCN(C)CC2)c1NC=O. The van der Waals surface area contributed by atoms with Crippen molar-refractivity contribution in [1.29, 1.82) is 0 Å². The Morgan fingerprint density at radius 1 is 1.08 bits per heavy atom. The summed E-state index contributed by atoms with van der Waals surface area (Å²) in [5, 5.41) is 5.40. The number of imidazole rings is 1. The number of nitrogens with zero attached hydrogens (tertiary/aromatic N) is 4. The van der Waals surface area contributed by atoms with Gasteiger partial charge in [-0.3, -0.25) is 9.59 Å². The lowest BCUT2D eigenvalue weighted by atomic mass is 9.98. The lowest BCUT2D eigenvalue weighted by molar-refractivity contribution is -0.105. The maximum atomic E-state index is 14.2. The van der Waals surface area contributed by atoms with Crippen molar-refractivity contribution in [2.75, 3.05) is 64.2 Å². The number of nitrogens with one attached hydrogen (secondary N) is 3. The standard InChI is InChI=1S/C39H47N7O7/c1-25-11-14-31(32(21-25)52-20-15-26(23-47)46-18-16-44(5)17-19-46)45(6)37(49)29-13-12-28(36(51-7)35(29)41-24-48)27-9-8-10-30-34(27)43-33(42-30)22-40-38(50)53-39(2,3)4/h8-14,21,24H,15-20,22H2,1-7H3,(H,40,50)(H,41,48)(H,42,43). The fraction of sp³-hybridized carbons (Fsp3) is 0.385. The number of H-pyrrole nitrogens is 1. The van der Waals surface area contributed by atoms with Gasteiger partial charge in [0.1, 0.15) is 28.8 Å². The van der Waals surface area contributed by atoms with Crippen molar-refractivity contribution in [3.05, 3.63) is 71.2 Å². The van der Waals surface area contributed by atoms with Gasteiger partial charge in [-0.2, -0.15) is 0 Å². The van der Waals surface area contributed by atoms with Crippen LogP contribution in [0.2, 0.25) is 0 Å². The Hall–Kier alpha value is -5.85. The molecular weight excluding hydrogens is 678 g/mol. The quantitative estimate of drug-likeness (QED) is 0.124. The first kappa shape index (κ1) is 38.4. The fourth-order valence-electron chi connectivity index (χ4n) is 6.15. The number of ether oxygens (including phenoxy) is 3. The molecule has 53 heavy (non-hydrogen) atoms. The molecule has 280 valence electrons. The van der Waals surface area contributed by atoms with Crippen LogP contribution in [0.1, 0.15) is 48.9 Å². The molecule has 1 aromatic heterocycles. The molecule has 2 heterocycles. The number of methoxy groups -OCH3 is 1. The molecule has 1 fully saturated rings. The molecule has 4 aromatic rings. The molecule has 0 unspecified atom stereocenters. The number of likely N-dealkylation sites (N-methyl/N-ethyl adjacent to an activating group) is 1. The number of carbonyl (C=O) groups is 3. The number of para-hydroxylation sites is 1. The summed E-state index contributed by atoms with van der Waals surface area (Å²) < 4.78 is 17.4. The van der Waals surface area contributed by atoms with E-state index in [4.69, 9.17) is 19.2 Å². The second-order valence-electron chi connectivity index (χ2n) is 13.8. The van der Waals surface area contributed by atoms with Gasteiger partial charge in [-0.1, -0.05) is 18.2 Å². The molecule has 1 aliphatic heterocycles. The largest absolute Gasteiger partial charge is 0.494 e. The zero-order valence-corrected chi connectivity index (χ0v) is 31.3. The van der Waals surface area contributed by atoms with E-state index in [0.717, 1.165) is 31.7 Å². The Kier molecular flexibility index (Phi) is 12.1. The number of benzene rings is 3. The summed E-state index contributed by atoms with van der Waals surface area (Å²) >= 11 is 0. The monoisotopic (exact) mass is 725 g/mol. The topological polar surface area (TPSA) is 158 Å². The maximum Gasteiger partial charge on any atom is 0.408 e. The van der Waals surface area contributed by atoms with Gasteiger partial charge in [-0.05, 0) is 70.6 Å². The highest BCUT2D eigenvalue weighted by atomic mass is 16.6. The van der Waals surface area contributed by atoms with Crippen LogP contribution in [0.15, 0.2) is 54.2 Å². The molecule has 1 aliphatic rings. The van der Waals surface area contributed by atoms with Crippen LogP contribution >= 0.6 is 0 Å². The number of piperazine rings is 1. The van der Waals surface area contributed by atoms with Crippen LogP contribution in [-0.2, 0) is 20.9 Å². The maximum absolute atomic E-state index is 14.2. The zero-order chi connectivity index (χ0) is 38.3. The lowest BCUT2D eigenvalue weighted by Gasteiger charge is -2.34. The Bertz CT molecular complexity index is 2020. The zero-order valence-electron chi connectivity index (χ0n) is 31.3. The predicted molar refractivity (Wildman–Crippen MR) is 203 cm³/mol. The Morgan fingerprint density at radius 2 is 1.83 bits per heavy atom. The third-order valence-corrected chi connectivity index (χ3v) is 8.83. The molecule has 0 spiro atoms. The number of fused-ring (bicyclic) bond motifs is 1. The number of carbonyl (C=O) groups excluding carboxylic acids is 4. The van der Waals surface area contributed by atoms with Crippen molar-refractivity contribution in [1.82, 2.24) is 25.1 Å². The van der Waals surface area contributed by atoms with E-state index in [-0.39, 0.29) is 30.2 Å². The minimum atomic E-state index is -0.641. The highest BCUT2D eigenvalue weighted by Crippen LogP contribution is 2.42. The summed E-state index contributed by atoms with van der Waals surface area (Å²) in [4.78, 5) is 63.9. The summed E-state index contributed by atoms with van der Waals surface area (Å²) in [6.45, 7) is 10.8. The molecule has 1 saturated heterocycles. The number of anilines is 2. The van der Waals surface area contributed by atoms with Gasteiger partial charge in [-0.25, -0.2) is 14.6 Å². The average molecular weight is 726 g/mol. The third kappa shape index (κ3) is 9.15. The van der Waals surface area contributed by atoms with E-state index in [2.05, 4.69) is 33.5 Å². The minimum absolute atomic E-state index is 0.105. The van der Waals surface area contributed by atoms with Gasteiger partial charge in [0.15, 0.2) is 5.75 Å². The van der Waals surface area contributed by atoms with Crippen LogP contribution in [0.4, 0.5) is 16.2 Å². The van der Waals surface area contributed by atoms with Crippen LogP contribution in [0, 0.1) is 6.92 Å². The number of amides is 3. The Morgan fingerprint density at radius 3 is 2.51 bits per heavy atom. The van der Waals surface area contributed by atoms with Crippen LogP contribution in [-0.4, -0.2) is 104 Å². The summed E-state index contributed by atoms with van der Waals surface area (Å²) in [6, 6.07) is 14.5. The lowest BCUT2D eigenvalue weighted by Crippen LogP contribution is -2.44. The first-order valence-corrected chi connectivity index (χ1v) is 17.4. The molecule has 3 N–H and O–H groups in total. The summed E-state index contributed by atoms with van der Waals surface area (Å²) in [5.74, 6) is 2.91. The number of aromatic nitrogens is 2. The molecule has 14 heteroatoms. The van der Waals surface area contributed by atoms with Crippen LogP contribution in [0.5, 0.6) is 11.5 Å². The smallest absolute Gasteiger partial charge is 0.408 e. The van der Waals surface area contributed by atoms with E-state index in [1.54, 1.807) is 46.0 Å². The molecule has 3 amide bonds. The van der Waals surface area contributed by atoms with Crippen molar-refractivity contribution in [2.45, 2.75) is 46.3 Å². The molecule has 0 saturated carbocycles. The van der Waals surface area contributed by atoms with Gasteiger partial charge in [0.25, 0.3) is 5.91 Å². The Labute approximate surface area is 309 Å². The predicted octanol–water partition coefficient (Wildman–Crippen LogP) is 5.15. The van der Waals surface area contributed by atoms with Crippen molar-refractivity contribution in [3.63, 3.8) is 0 Å². The molecule has 14 nitrogen and oxygen atoms in total. The van der Waals surface area contributed by atoms with Crippen LogP contribution < -0.4 is 25.0 Å². The second kappa shape index (κ2) is 16.7. The van der Waals surface area contributed by atoms with Gasteiger partial charge in [0.2, 0.25) is 6.41 Å². The van der Waals surface area contributed by atoms with Gasteiger partial charge < -0.3 is 44.5 Å². The normalized spacial score (nSPS) is 13.2. The summed E-state index contributed by atoms with van der Waals surface area (Å²) in [6.07, 6.45) is 0.297. The number of aryl methyl sites for hydroxylation is 1. The van der Waals surface area contributed by atoms with Crippen molar-refractivity contribution >= 4 is 46.8 Å². The molecular formula is C39H47N7O7. The number of hydrogen-bond donors (Lipinski definition) is 3. The number of hydrogen-bond acceptors (Lipinski definition) is 10. The number of rotatable bonds is 13. The van der Waals surface area contributed by atoms with Gasteiger partial charge in [0, 0.05) is 50.8 Å². The van der Waals surface area contributed by atoms with Crippen molar-refractivity contribution < 1.29 is 33.4 Å². The summed E-state index contributed by atoms with van der Waals surface area (Å²) in [5.41, 5.74) is 4.29. The Balaban J connectivity index is 1.40. The molecule has 5 rings (SSSR count). The van der Waals surface area contributed by atoms with E-state index < -0.39 is 17.6 Å². The number of alkyl carbamates (subject to hydrolysis) is 1. The molecule has 3 aromatic carbocycles. The highest BCUT2D eigenvalue weighted by molar-refractivity contribution is 6.13. The van der Waals surface area contributed by atoms with Crippen LogP contribution in [0.25, 0.3) is 22.2 Å². The van der Waals surface area contributed by atoms with E-state index in [9.17, 15) is 19.2 Å². The van der Waals surface area contributed by atoms with Crippen LogP contribution in [0.3, 0.4) is 0 Å². The first-order valence-electron chi connectivity index (χ1n) is 17.4. The van der Waals surface area contributed by atoms with Gasteiger partial charge in [0.05, 0.1) is 48.2 Å². The van der Waals surface area contributed by atoms with E-state index >= 15 is 0 Å². The molecule has 0 bridgehead atoms. The molecule has 0 radical (unpaired) electrons. The van der Waals surface area contributed by atoms with Gasteiger partial charge >= 0.3 is 6.09 Å². The van der Waals surface area contributed by atoms with Crippen molar-refractivity contribution in [2.24, 2.45) is 0 Å². The highest BCUT2D eigenvalue weighted by Gasteiger charge is 2.26. The number of aromatic amines is 1. The van der Waals surface area contributed by atoms with E-state index in [0.29, 0.717) is 57.9 Å². The minimum Gasteiger partial charge on any atom is -0.494 e. The average Bonchev–Trinajstić information content (AvgIpc) is 3.55. The second-order valence-corrected chi connectivity index (χ2v) is 13.8. The third-order valence-electron chi connectivity index (χ3n) is 8.83. The fourth-order valence-corrected chi connectivity index (χ4v) is 6.15. The van der Waals surface area contributed by atoms with E-state index in [1.165, 1.54) is 12.0 Å². The van der Waals surface area contributed by atoms with Crippen molar-refractivity contribution in [3.8, 4) is 22.6 Å². The molecule has 0 atom stereocenters.